The van der Waals surface area contributed by atoms with Crippen LogP contribution in [0, 0.1) is 0 Å². The van der Waals surface area contributed by atoms with Gasteiger partial charge < -0.3 is 15.2 Å². The smallest absolute Gasteiger partial charge is 0.340 e. The van der Waals surface area contributed by atoms with Crippen LogP contribution in [0.25, 0.3) is 0 Å². The molecule has 0 aliphatic carbocycles. The predicted octanol–water partition coefficient (Wildman–Crippen LogP) is 2.09. The lowest BCUT2D eigenvalue weighted by molar-refractivity contribution is 0.0473. The Bertz CT molecular complexity index is 540. The fourth-order valence-electron chi connectivity index (χ4n) is 1.43. The van der Waals surface area contributed by atoms with Crippen LogP contribution in [0.4, 0.5) is 5.69 Å². The molecule has 2 aromatic rings. The molecule has 0 amide bonds. The summed E-state index contributed by atoms with van der Waals surface area (Å²) in [5.74, 6) is -0.0275. The third-order valence-electron chi connectivity index (χ3n) is 2.32. The minimum Gasteiger partial charge on any atom is -0.495 e. The first kappa shape index (κ1) is 12.4. The van der Waals surface area contributed by atoms with Crippen molar-refractivity contribution < 1.29 is 14.3 Å². The Hall–Kier alpha value is -2.08. The van der Waals surface area contributed by atoms with Gasteiger partial charge in [-0.15, -0.1) is 11.3 Å². The maximum Gasteiger partial charge on any atom is 0.340 e. The van der Waals surface area contributed by atoms with E-state index < -0.39 is 5.97 Å². The van der Waals surface area contributed by atoms with E-state index >= 15 is 0 Å². The van der Waals surface area contributed by atoms with E-state index in [-0.39, 0.29) is 12.3 Å². The molecule has 0 aliphatic heterocycles. The Labute approximate surface area is 108 Å². The van der Waals surface area contributed by atoms with E-state index in [1.807, 2.05) is 5.38 Å². The largest absolute Gasteiger partial charge is 0.495 e. The van der Waals surface area contributed by atoms with Gasteiger partial charge in [-0.1, -0.05) is 6.07 Å². The molecule has 0 atom stereocenters. The second-order valence-corrected chi connectivity index (χ2v) is 4.40. The molecule has 0 aliphatic rings. The maximum atomic E-state index is 11.8. The molecule has 0 unspecified atom stereocenters. The van der Waals surface area contributed by atoms with Crippen LogP contribution >= 0.6 is 11.3 Å². The summed E-state index contributed by atoms with van der Waals surface area (Å²) in [6.45, 7) is 0.146. The van der Waals surface area contributed by atoms with Crippen molar-refractivity contribution in [3.05, 3.63) is 40.3 Å². The zero-order chi connectivity index (χ0) is 13.0. The number of aromatic nitrogens is 1. The van der Waals surface area contributed by atoms with Gasteiger partial charge in [-0.2, -0.15) is 0 Å². The Balaban J connectivity index is 2.09. The molecule has 0 bridgehead atoms. The quantitative estimate of drug-likeness (QED) is 0.676. The first-order valence-corrected chi connectivity index (χ1v) is 6.08. The second-order valence-electron chi connectivity index (χ2n) is 3.42. The minimum atomic E-state index is -0.485. The standard InChI is InChI=1S/C12H12N2O3S/c1-16-9-4-2-3-8(11(9)13)12(15)17-7-10-14-5-6-18-10/h2-6H,7,13H2,1H3. The SMILES string of the molecule is COc1cccc(C(=O)OCc2nccs2)c1N. The molecule has 0 fully saturated rings. The molecule has 6 heteroatoms. The summed E-state index contributed by atoms with van der Waals surface area (Å²) in [5, 5.41) is 2.56. The number of rotatable bonds is 4. The Morgan fingerprint density at radius 2 is 2.33 bits per heavy atom. The lowest BCUT2D eigenvalue weighted by Gasteiger charge is -2.09. The lowest BCUT2D eigenvalue weighted by Crippen LogP contribution is -2.09. The molecule has 0 saturated carbocycles. The monoisotopic (exact) mass is 264 g/mol. The summed E-state index contributed by atoms with van der Waals surface area (Å²) in [5.41, 5.74) is 6.38. The second kappa shape index (κ2) is 5.50. The van der Waals surface area contributed by atoms with Crippen LogP contribution < -0.4 is 10.5 Å². The number of thiazole rings is 1. The van der Waals surface area contributed by atoms with Gasteiger partial charge in [0, 0.05) is 11.6 Å². The van der Waals surface area contributed by atoms with Gasteiger partial charge in [0.1, 0.15) is 17.4 Å². The van der Waals surface area contributed by atoms with Crippen LogP contribution in [0.2, 0.25) is 0 Å². The molecular weight excluding hydrogens is 252 g/mol. The number of ether oxygens (including phenoxy) is 2. The molecule has 0 radical (unpaired) electrons. The van der Waals surface area contributed by atoms with E-state index in [1.165, 1.54) is 18.4 Å². The van der Waals surface area contributed by atoms with Crippen LogP contribution in [-0.4, -0.2) is 18.1 Å². The number of para-hydroxylation sites is 1. The fraction of sp³-hybridized carbons (Fsp3) is 0.167. The molecule has 0 saturated heterocycles. The number of anilines is 1. The highest BCUT2D eigenvalue weighted by Gasteiger charge is 2.14. The Kier molecular flexibility index (Phi) is 3.78. The van der Waals surface area contributed by atoms with Gasteiger partial charge in [-0.3, -0.25) is 0 Å². The zero-order valence-corrected chi connectivity index (χ0v) is 10.6. The maximum absolute atomic E-state index is 11.8. The summed E-state index contributed by atoms with van der Waals surface area (Å²) in [7, 11) is 1.50. The number of hydrogen-bond acceptors (Lipinski definition) is 6. The van der Waals surface area contributed by atoms with Crippen molar-refractivity contribution in [2.75, 3.05) is 12.8 Å². The van der Waals surface area contributed by atoms with Crippen molar-refractivity contribution in [1.82, 2.24) is 4.98 Å². The average molecular weight is 264 g/mol. The summed E-state index contributed by atoms with van der Waals surface area (Å²) in [4.78, 5) is 15.9. The zero-order valence-electron chi connectivity index (χ0n) is 9.75. The van der Waals surface area contributed by atoms with Gasteiger partial charge in [-0.25, -0.2) is 9.78 Å². The summed E-state index contributed by atoms with van der Waals surface area (Å²) < 4.78 is 10.2. The first-order valence-electron chi connectivity index (χ1n) is 5.20. The van der Waals surface area contributed by atoms with Crippen LogP contribution in [0.3, 0.4) is 0 Å². The molecule has 18 heavy (non-hydrogen) atoms. The van der Waals surface area contributed by atoms with E-state index in [1.54, 1.807) is 24.4 Å². The number of nitrogens with two attached hydrogens (primary N) is 1. The number of hydrogen-bond donors (Lipinski definition) is 1. The third kappa shape index (κ3) is 2.60. The molecular formula is C12H12N2O3S. The highest BCUT2D eigenvalue weighted by molar-refractivity contribution is 7.09. The van der Waals surface area contributed by atoms with Crippen molar-refractivity contribution in [3.8, 4) is 5.75 Å². The van der Waals surface area contributed by atoms with Gasteiger partial charge in [0.25, 0.3) is 0 Å². The molecule has 0 spiro atoms. The lowest BCUT2D eigenvalue weighted by atomic mass is 10.1. The summed E-state index contributed by atoms with van der Waals surface area (Å²) in [6.07, 6.45) is 1.66. The van der Waals surface area contributed by atoms with Crippen LogP contribution in [0.15, 0.2) is 29.8 Å². The number of carbonyl (C=O) groups excluding carboxylic acids is 1. The first-order chi connectivity index (χ1) is 8.72. The summed E-state index contributed by atoms with van der Waals surface area (Å²) >= 11 is 1.43. The molecule has 2 N–H and O–H groups in total. The minimum absolute atomic E-state index is 0.146. The molecule has 2 rings (SSSR count). The highest BCUT2D eigenvalue weighted by atomic mass is 32.1. The van der Waals surface area contributed by atoms with Crippen LogP contribution in [-0.2, 0) is 11.3 Å². The Morgan fingerprint density at radius 3 is 3.00 bits per heavy atom. The van der Waals surface area contributed by atoms with E-state index in [0.29, 0.717) is 11.3 Å². The van der Waals surface area contributed by atoms with Gasteiger partial charge in [0.15, 0.2) is 0 Å². The normalized spacial score (nSPS) is 10.1. The van der Waals surface area contributed by atoms with E-state index in [2.05, 4.69) is 4.98 Å². The van der Waals surface area contributed by atoms with Crippen molar-refractivity contribution in [2.24, 2.45) is 0 Å². The van der Waals surface area contributed by atoms with Gasteiger partial charge >= 0.3 is 5.97 Å². The number of carbonyl (C=O) groups is 1. The van der Waals surface area contributed by atoms with Crippen molar-refractivity contribution in [1.29, 1.82) is 0 Å². The van der Waals surface area contributed by atoms with Crippen LogP contribution in [0.5, 0.6) is 5.75 Å². The number of nitrogen functional groups attached to an aromatic ring is 1. The van der Waals surface area contributed by atoms with Crippen molar-refractivity contribution in [3.63, 3.8) is 0 Å². The number of nitrogens with zero attached hydrogens (tertiary/aromatic N) is 1. The van der Waals surface area contributed by atoms with E-state index in [9.17, 15) is 4.79 Å². The number of benzene rings is 1. The van der Waals surface area contributed by atoms with Gasteiger partial charge in [0.2, 0.25) is 0 Å². The molecule has 5 nitrogen and oxygen atoms in total. The van der Waals surface area contributed by atoms with E-state index in [0.717, 1.165) is 5.01 Å². The van der Waals surface area contributed by atoms with Crippen LogP contribution in [0.1, 0.15) is 15.4 Å². The fourth-order valence-corrected chi connectivity index (χ4v) is 1.96. The number of methoxy groups -OCH3 is 1. The number of esters is 1. The van der Waals surface area contributed by atoms with Gasteiger partial charge in [0.05, 0.1) is 18.4 Å². The molecule has 1 aromatic carbocycles. The van der Waals surface area contributed by atoms with Gasteiger partial charge in [-0.05, 0) is 12.1 Å². The molecule has 1 aromatic heterocycles. The Morgan fingerprint density at radius 1 is 1.50 bits per heavy atom. The predicted molar refractivity (Wildman–Crippen MR) is 68.6 cm³/mol. The average Bonchev–Trinajstić information content (AvgIpc) is 2.89. The topological polar surface area (TPSA) is 74.4 Å². The third-order valence-corrected chi connectivity index (χ3v) is 3.07. The summed E-state index contributed by atoms with van der Waals surface area (Å²) in [6, 6.07) is 4.98. The highest BCUT2D eigenvalue weighted by Crippen LogP contribution is 2.25. The molecule has 94 valence electrons. The van der Waals surface area contributed by atoms with E-state index in [4.69, 9.17) is 15.2 Å². The molecule has 1 heterocycles. The van der Waals surface area contributed by atoms with Crippen molar-refractivity contribution in [2.45, 2.75) is 6.61 Å². The van der Waals surface area contributed by atoms with Crippen molar-refractivity contribution >= 4 is 23.0 Å².